The first-order chi connectivity index (χ1) is 9.75. The SMILES string of the molecule is CN(C)C(=O)C1CCCN1S(=O)(=O)c1ccc(F)c(F)c1. The molecule has 0 aliphatic carbocycles. The largest absolute Gasteiger partial charge is 0.347 e. The van der Waals surface area contributed by atoms with Crippen LogP contribution in [0, 0.1) is 11.6 Å². The summed E-state index contributed by atoms with van der Waals surface area (Å²) in [5.74, 6) is -2.67. The number of halogens is 2. The molecule has 1 fully saturated rings. The van der Waals surface area contributed by atoms with Crippen LogP contribution in [0.1, 0.15) is 12.8 Å². The van der Waals surface area contributed by atoms with Gasteiger partial charge in [-0.15, -0.1) is 0 Å². The predicted molar refractivity (Wildman–Crippen MR) is 72.0 cm³/mol. The number of amides is 1. The van der Waals surface area contributed by atoms with E-state index in [9.17, 15) is 22.0 Å². The molecule has 5 nitrogen and oxygen atoms in total. The van der Waals surface area contributed by atoms with Crippen LogP contribution in [-0.2, 0) is 14.8 Å². The Morgan fingerprint density at radius 2 is 1.95 bits per heavy atom. The molecule has 0 radical (unpaired) electrons. The zero-order valence-corrected chi connectivity index (χ0v) is 12.5. The van der Waals surface area contributed by atoms with Gasteiger partial charge in [0.1, 0.15) is 6.04 Å². The number of likely N-dealkylation sites (N-methyl/N-ethyl adjacent to an activating group) is 1. The minimum absolute atomic E-state index is 0.186. The lowest BCUT2D eigenvalue weighted by Gasteiger charge is -2.25. The standard InChI is InChI=1S/C13H16F2N2O3S/c1-16(2)13(18)12-4-3-7-17(12)21(19,20)9-5-6-10(14)11(15)8-9/h5-6,8,12H,3-4,7H2,1-2H3. The van der Waals surface area contributed by atoms with E-state index in [-0.39, 0.29) is 17.3 Å². The second-order valence-corrected chi connectivity index (χ2v) is 6.97. The Morgan fingerprint density at radius 3 is 2.52 bits per heavy atom. The van der Waals surface area contributed by atoms with Crippen molar-refractivity contribution < 1.29 is 22.0 Å². The van der Waals surface area contributed by atoms with E-state index in [0.29, 0.717) is 18.9 Å². The van der Waals surface area contributed by atoms with Crippen LogP contribution in [0.15, 0.2) is 23.1 Å². The first-order valence-electron chi connectivity index (χ1n) is 6.43. The van der Waals surface area contributed by atoms with Gasteiger partial charge in [-0.3, -0.25) is 4.79 Å². The van der Waals surface area contributed by atoms with Crippen molar-refractivity contribution in [3.8, 4) is 0 Å². The molecule has 1 unspecified atom stereocenters. The number of rotatable bonds is 3. The summed E-state index contributed by atoms with van der Waals surface area (Å²) >= 11 is 0. The highest BCUT2D eigenvalue weighted by molar-refractivity contribution is 7.89. The van der Waals surface area contributed by atoms with Crippen LogP contribution in [0.25, 0.3) is 0 Å². The van der Waals surface area contributed by atoms with Gasteiger partial charge in [0.25, 0.3) is 0 Å². The van der Waals surface area contributed by atoms with Gasteiger partial charge in [-0.05, 0) is 31.0 Å². The molecule has 0 bridgehead atoms. The first-order valence-corrected chi connectivity index (χ1v) is 7.87. The number of hydrogen-bond acceptors (Lipinski definition) is 3. The number of nitrogens with zero attached hydrogens (tertiary/aromatic N) is 2. The third-order valence-electron chi connectivity index (χ3n) is 3.43. The second-order valence-electron chi connectivity index (χ2n) is 5.08. The topological polar surface area (TPSA) is 57.7 Å². The molecule has 1 aliphatic rings. The van der Waals surface area contributed by atoms with E-state index in [2.05, 4.69) is 0 Å². The Morgan fingerprint density at radius 1 is 1.29 bits per heavy atom. The van der Waals surface area contributed by atoms with Crippen LogP contribution < -0.4 is 0 Å². The van der Waals surface area contributed by atoms with E-state index in [4.69, 9.17) is 0 Å². The van der Waals surface area contributed by atoms with E-state index >= 15 is 0 Å². The van der Waals surface area contributed by atoms with E-state index < -0.39 is 27.7 Å². The Kier molecular flexibility index (Phi) is 4.29. The molecule has 116 valence electrons. The lowest BCUT2D eigenvalue weighted by atomic mass is 10.2. The van der Waals surface area contributed by atoms with E-state index in [1.165, 1.54) is 4.90 Å². The van der Waals surface area contributed by atoms with Gasteiger partial charge in [0.05, 0.1) is 4.90 Å². The lowest BCUT2D eigenvalue weighted by molar-refractivity contribution is -0.132. The highest BCUT2D eigenvalue weighted by atomic mass is 32.2. The van der Waals surface area contributed by atoms with Crippen molar-refractivity contribution in [3.63, 3.8) is 0 Å². The van der Waals surface area contributed by atoms with Crippen molar-refractivity contribution in [3.05, 3.63) is 29.8 Å². The van der Waals surface area contributed by atoms with Crippen molar-refractivity contribution in [1.29, 1.82) is 0 Å². The molecule has 1 aliphatic heterocycles. The molecule has 0 aromatic heterocycles. The fourth-order valence-electron chi connectivity index (χ4n) is 2.35. The maximum absolute atomic E-state index is 13.2. The summed E-state index contributed by atoms with van der Waals surface area (Å²) in [6, 6.07) is 1.61. The van der Waals surface area contributed by atoms with Crippen LogP contribution in [0.5, 0.6) is 0 Å². The van der Waals surface area contributed by atoms with Crippen molar-refractivity contribution in [2.45, 2.75) is 23.8 Å². The smallest absolute Gasteiger partial charge is 0.243 e. The summed E-state index contributed by atoms with van der Waals surface area (Å²) in [6.07, 6.45) is 0.965. The van der Waals surface area contributed by atoms with Crippen molar-refractivity contribution in [1.82, 2.24) is 9.21 Å². The van der Waals surface area contributed by atoms with Gasteiger partial charge in [-0.25, -0.2) is 17.2 Å². The van der Waals surface area contributed by atoms with Gasteiger partial charge in [0, 0.05) is 20.6 Å². The minimum atomic E-state index is -4.03. The average Bonchev–Trinajstić information content (AvgIpc) is 2.90. The number of carbonyl (C=O) groups is 1. The van der Waals surface area contributed by atoms with Crippen LogP contribution in [0.3, 0.4) is 0 Å². The Balaban J connectivity index is 2.38. The Bertz CT molecular complexity index is 661. The maximum Gasteiger partial charge on any atom is 0.243 e. The molecule has 8 heteroatoms. The van der Waals surface area contributed by atoms with Crippen LogP contribution in [0.2, 0.25) is 0 Å². The molecule has 1 atom stereocenters. The van der Waals surface area contributed by atoms with Gasteiger partial charge >= 0.3 is 0 Å². The zero-order chi connectivity index (χ0) is 15.8. The van der Waals surface area contributed by atoms with E-state index in [1.54, 1.807) is 14.1 Å². The molecule has 1 heterocycles. The quantitative estimate of drug-likeness (QED) is 0.841. The van der Waals surface area contributed by atoms with Crippen molar-refractivity contribution in [2.24, 2.45) is 0 Å². The number of benzene rings is 1. The summed E-state index contributed by atoms with van der Waals surface area (Å²) in [6.45, 7) is 0.186. The maximum atomic E-state index is 13.2. The molecule has 1 saturated heterocycles. The summed E-state index contributed by atoms with van der Waals surface area (Å²) in [7, 11) is -0.937. The normalized spacial score (nSPS) is 19.7. The summed E-state index contributed by atoms with van der Waals surface area (Å²) < 4.78 is 52.2. The van der Waals surface area contributed by atoms with Gasteiger partial charge < -0.3 is 4.90 Å². The number of carbonyl (C=O) groups excluding carboxylic acids is 1. The molecule has 1 amide bonds. The molecular formula is C13H16F2N2O3S. The van der Waals surface area contributed by atoms with E-state index in [1.807, 2.05) is 0 Å². The number of hydrogen-bond donors (Lipinski definition) is 0. The second kappa shape index (κ2) is 5.69. The monoisotopic (exact) mass is 318 g/mol. The van der Waals surface area contributed by atoms with Gasteiger partial charge in [0.2, 0.25) is 15.9 Å². The summed E-state index contributed by atoms with van der Waals surface area (Å²) in [5.41, 5.74) is 0. The molecule has 0 saturated carbocycles. The Labute approximate surface area is 122 Å². The van der Waals surface area contributed by atoms with Gasteiger partial charge in [-0.2, -0.15) is 4.31 Å². The highest BCUT2D eigenvalue weighted by Crippen LogP contribution is 2.27. The third-order valence-corrected chi connectivity index (χ3v) is 5.33. The molecule has 1 aromatic rings. The van der Waals surface area contributed by atoms with Crippen LogP contribution in [0.4, 0.5) is 8.78 Å². The lowest BCUT2D eigenvalue weighted by Crippen LogP contribution is -2.45. The summed E-state index contributed by atoms with van der Waals surface area (Å²) in [4.78, 5) is 13.0. The van der Waals surface area contributed by atoms with Crippen molar-refractivity contribution >= 4 is 15.9 Å². The molecule has 1 aromatic carbocycles. The van der Waals surface area contributed by atoms with Gasteiger partial charge in [-0.1, -0.05) is 0 Å². The highest BCUT2D eigenvalue weighted by Gasteiger charge is 2.40. The summed E-state index contributed by atoms with van der Waals surface area (Å²) in [5, 5.41) is 0. The zero-order valence-electron chi connectivity index (χ0n) is 11.7. The van der Waals surface area contributed by atoms with E-state index in [0.717, 1.165) is 16.4 Å². The third kappa shape index (κ3) is 2.91. The molecule has 0 N–H and O–H groups in total. The van der Waals surface area contributed by atoms with Crippen LogP contribution >= 0.6 is 0 Å². The predicted octanol–water partition coefficient (Wildman–Crippen LogP) is 1.21. The fraction of sp³-hybridized carbons (Fsp3) is 0.462. The fourth-order valence-corrected chi connectivity index (χ4v) is 4.01. The average molecular weight is 318 g/mol. The first kappa shape index (κ1) is 15.8. The number of sulfonamides is 1. The Hall–Kier alpha value is -1.54. The molecule has 2 rings (SSSR count). The molecule has 21 heavy (non-hydrogen) atoms. The molecule has 0 spiro atoms. The van der Waals surface area contributed by atoms with Crippen molar-refractivity contribution in [2.75, 3.05) is 20.6 Å². The molecular weight excluding hydrogens is 302 g/mol. The van der Waals surface area contributed by atoms with Gasteiger partial charge in [0.15, 0.2) is 11.6 Å². The minimum Gasteiger partial charge on any atom is -0.347 e. The van der Waals surface area contributed by atoms with Crippen LogP contribution in [-0.4, -0.2) is 50.2 Å².